The number of nitrogens with zero attached hydrogens (tertiary/aromatic N) is 2. The average molecular weight is 473 g/mol. The molecule has 8 heteroatoms. The number of alkyl halides is 3. The first-order valence-electron chi connectivity index (χ1n) is 11.5. The Hall–Kier alpha value is -3.21. The molecule has 2 aromatic carbocycles. The number of halogens is 3. The van der Waals surface area contributed by atoms with Gasteiger partial charge in [0.25, 0.3) is 0 Å². The zero-order chi connectivity index (χ0) is 24.3. The number of benzene rings is 2. The van der Waals surface area contributed by atoms with Gasteiger partial charge in [0.15, 0.2) is 0 Å². The maximum absolute atomic E-state index is 13.3. The number of carbonyl (C=O) groups is 1. The van der Waals surface area contributed by atoms with Crippen LogP contribution in [-0.4, -0.2) is 32.8 Å². The van der Waals surface area contributed by atoms with Crippen molar-refractivity contribution in [3.05, 3.63) is 59.2 Å². The number of piperidine rings is 1. The van der Waals surface area contributed by atoms with Crippen LogP contribution in [0.3, 0.4) is 0 Å². The zero-order valence-electron chi connectivity index (χ0n) is 19.0. The van der Waals surface area contributed by atoms with Gasteiger partial charge in [0.1, 0.15) is 5.75 Å². The Balaban J connectivity index is 1.28. The van der Waals surface area contributed by atoms with Crippen LogP contribution in [0.25, 0.3) is 0 Å². The number of carbonyl (C=O) groups excluding carboxylic acids is 1. The molecule has 0 amide bonds. The number of hydrogen-bond donors (Lipinski definition) is 0. The topological polar surface area (TPSA) is 62.6 Å². The maximum Gasteiger partial charge on any atom is 0.417 e. The van der Waals surface area contributed by atoms with Crippen LogP contribution >= 0.6 is 0 Å². The van der Waals surface area contributed by atoms with E-state index in [4.69, 9.17) is 14.7 Å². The van der Waals surface area contributed by atoms with E-state index in [-0.39, 0.29) is 17.5 Å². The van der Waals surface area contributed by atoms with Crippen LogP contribution in [0, 0.1) is 23.2 Å². The normalized spacial score (nSPS) is 20.9. The first kappa shape index (κ1) is 23.9. The van der Waals surface area contributed by atoms with E-state index in [0.717, 1.165) is 37.5 Å². The highest BCUT2D eigenvalue weighted by Crippen LogP contribution is 2.37. The molecule has 0 radical (unpaired) electrons. The van der Waals surface area contributed by atoms with Gasteiger partial charge in [-0.05, 0) is 73.4 Å². The molecule has 0 aromatic heterocycles. The Bertz CT molecular complexity index is 1050. The van der Waals surface area contributed by atoms with Gasteiger partial charge in [0, 0.05) is 18.8 Å². The van der Waals surface area contributed by atoms with E-state index in [1.54, 1.807) is 12.1 Å². The quantitative estimate of drug-likeness (QED) is 0.517. The summed E-state index contributed by atoms with van der Waals surface area (Å²) in [5.74, 6) is 1.34. The van der Waals surface area contributed by atoms with Crippen molar-refractivity contribution in [1.82, 2.24) is 0 Å². The van der Waals surface area contributed by atoms with Gasteiger partial charge in [-0.25, -0.2) is 0 Å². The fourth-order valence-corrected chi connectivity index (χ4v) is 4.81. The van der Waals surface area contributed by atoms with Crippen LogP contribution in [-0.2, 0) is 15.7 Å². The molecule has 1 saturated heterocycles. The van der Waals surface area contributed by atoms with Crippen LogP contribution in [0.2, 0.25) is 0 Å². The number of methoxy groups -OCH3 is 1. The average Bonchev–Trinajstić information content (AvgIpc) is 2.82. The van der Waals surface area contributed by atoms with E-state index in [1.807, 2.05) is 17.0 Å². The number of ether oxygens (including phenoxy) is 2. The molecule has 0 N–H and O–H groups in total. The van der Waals surface area contributed by atoms with Crippen molar-refractivity contribution in [2.45, 2.75) is 37.8 Å². The van der Waals surface area contributed by atoms with Gasteiger partial charge in [-0.2, -0.15) is 18.4 Å². The smallest absolute Gasteiger partial charge is 0.417 e. The van der Waals surface area contributed by atoms with Crippen molar-refractivity contribution in [3.63, 3.8) is 0 Å². The molecule has 1 saturated carbocycles. The first-order chi connectivity index (χ1) is 16.3. The summed E-state index contributed by atoms with van der Waals surface area (Å²) >= 11 is 0. The van der Waals surface area contributed by atoms with Gasteiger partial charge in [-0.3, -0.25) is 4.79 Å². The molecule has 2 aromatic rings. The Morgan fingerprint density at radius 3 is 2.38 bits per heavy atom. The largest absolute Gasteiger partial charge is 0.493 e. The summed E-state index contributed by atoms with van der Waals surface area (Å²) in [6, 6.07) is 13.6. The van der Waals surface area contributed by atoms with Crippen molar-refractivity contribution >= 4 is 11.7 Å². The van der Waals surface area contributed by atoms with Crippen LogP contribution in [0.4, 0.5) is 18.9 Å². The molecule has 4 rings (SSSR count). The maximum atomic E-state index is 13.3. The lowest BCUT2D eigenvalue weighted by Gasteiger charge is -2.34. The van der Waals surface area contributed by atoms with Gasteiger partial charge >= 0.3 is 12.1 Å². The van der Waals surface area contributed by atoms with E-state index >= 15 is 0 Å². The molecule has 1 heterocycles. The molecule has 2 fully saturated rings. The lowest BCUT2D eigenvalue weighted by Crippen LogP contribution is -2.34. The summed E-state index contributed by atoms with van der Waals surface area (Å²) in [5.41, 5.74) is 0.457. The number of rotatable bonds is 6. The lowest BCUT2D eigenvalue weighted by molar-refractivity contribution is -0.150. The van der Waals surface area contributed by atoms with E-state index < -0.39 is 11.7 Å². The summed E-state index contributed by atoms with van der Waals surface area (Å²) in [7, 11) is 1.41. The zero-order valence-corrected chi connectivity index (χ0v) is 19.0. The number of hydrogen-bond acceptors (Lipinski definition) is 5. The molecule has 0 spiro atoms. The van der Waals surface area contributed by atoms with Crippen LogP contribution < -0.4 is 9.64 Å². The molecule has 5 nitrogen and oxygen atoms in total. The third kappa shape index (κ3) is 5.30. The highest BCUT2D eigenvalue weighted by Gasteiger charge is 2.36. The first-order valence-corrected chi connectivity index (χ1v) is 11.5. The van der Waals surface area contributed by atoms with Crippen LogP contribution in [0.1, 0.15) is 48.3 Å². The van der Waals surface area contributed by atoms with Crippen molar-refractivity contribution in [1.29, 1.82) is 5.26 Å². The molecular weight excluding hydrogens is 445 g/mol. The van der Waals surface area contributed by atoms with Crippen molar-refractivity contribution < 1.29 is 27.4 Å². The third-order valence-corrected chi connectivity index (χ3v) is 6.90. The summed E-state index contributed by atoms with van der Waals surface area (Å²) in [6.07, 6.45) is -1.29. The fraction of sp³-hybridized carbons (Fsp3) is 0.462. The fourth-order valence-electron chi connectivity index (χ4n) is 4.81. The Labute approximate surface area is 197 Å². The predicted molar refractivity (Wildman–Crippen MR) is 121 cm³/mol. The SMILES string of the molecule is COC(=O)C1CC(COc2ccc(C3CCN(c4ccc(C#N)c(C(F)(F)F)c4)CC3)cc2)C1. The Morgan fingerprint density at radius 2 is 1.79 bits per heavy atom. The highest BCUT2D eigenvalue weighted by molar-refractivity contribution is 5.73. The second-order valence-corrected chi connectivity index (χ2v) is 9.04. The lowest BCUT2D eigenvalue weighted by atomic mass is 9.75. The molecule has 1 aliphatic carbocycles. The minimum Gasteiger partial charge on any atom is -0.493 e. The van der Waals surface area contributed by atoms with E-state index in [9.17, 15) is 18.0 Å². The van der Waals surface area contributed by atoms with Gasteiger partial charge in [-0.1, -0.05) is 12.1 Å². The minimum absolute atomic E-state index is 0.00354. The van der Waals surface area contributed by atoms with Crippen molar-refractivity contribution in [3.8, 4) is 11.8 Å². The molecule has 180 valence electrons. The summed E-state index contributed by atoms with van der Waals surface area (Å²) < 4.78 is 50.5. The van der Waals surface area contributed by atoms with Gasteiger partial charge in [0.05, 0.1) is 36.8 Å². The van der Waals surface area contributed by atoms with Gasteiger partial charge in [-0.15, -0.1) is 0 Å². The standard InChI is InChI=1S/C26H27F3N2O3/c1-33-25(32)21-12-17(13-21)16-34-23-6-3-18(4-7-23)19-8-10-31(11-9-19)22-5-2-20(15-30)24(14-22)26(27,28)29/h2-7,14,17,19,21H,8-13,16H2,1H3. The summed E-state index contributed by atoms with van der Waals surface area (Å²) in [6.45, 7) is 1.88. The summed E-state index contributed by atoms with van der Waals surface area (Å²) in [4.78, 5) is 13.4. The third-order valence-electron chi connectivity index (χ3n) is 6.90. The molecule has 0 unspecified atom stereocenters. The van der Waals surface area contributed by atoms with Gasteiger partial charge < -0.3 is 14.4 Å². The van der Waals surface area contributed by atoms with E-state index in [2.05, 4.69) is 12.1 Å². The van der Waals surface area contributed by atoms with Crippen molar-refractivity contribution in [2.24, 2.45) is 11.8 Å². The minimum atomic E-state index is -4.55. The molecular formula is C26H27F3N2O3. The number of nitriles is 1. The second kappa shape index (κ2) is 9.96. The highest BCUT2D eigenvalue weighted by atomic mass is 19.4. The van der Waals surface area contributed by atoms with Crippen LogP contribution in [0.15, 0.2) is 42.5 Å². The second-order valence-electron chi connectivity index (χ2n) is 9.04. The Morgan fingerprint density at radius 1 is 1.12 bits per heavy atom. The molecule has 0 bridgehead atoms. The molecule has 34 heavy (non-hydrogen) atoms. The Kier molecular flexibility index (Phi) is 7.01. The number of anilines is 1. The summed E-state index contributed by atoms with van der Waals surface area (Å²) in [5, 5.41) is 8.99. The van der Waals surface area contributed by atoms with E-state index in [1.165, 1.54) is 18.7 Å². The molecule has 2 aliphatic rings. The van der Waals surface area contributed by atoms with Crippen molar-refractivity contribution in [2.75, 3.05) is 31.7 Å². The number of esters is 1. The van der Waals surface area contributed by atoms with Gasteiger partial charge in [0.2, 0.25) is 0 Å². The molecule has 0 atom stereocenters. The molecule has 1 aliphatic heterocycles. The van der Waals surface area contributed by atoms with Crippen LogP contribution in [0.5, 0.6) is 5.75 Å². The van der Waals surface area contributed by atoms with E-state index in [0.29, 0.717) is 37.2 Å². The predicted octanol–water partition coefficient (Wildman–Crippen LogP) is 5.54. The monoisotopic (exact) mass is 472 g/mol.